The molecule has 122 valence electrons. The number of hydrogen-bond acceptors (Lipinski definition) is 5. The molecule has 5 nitrogen and oxygen atoms in total. The molecule has 23 heavy (non-hydrogen) atoms. The third-order valence-corrected chi connectivity index (χ3v) is 5.79. The Hall–Kier alpha value is -1.76. The van der Waals surface area contributed by atoms with Crippen LogP contribution in [0.3, 0.4) is 0 Å². The van der Waals surface area contributed by atoms with Gasteiger partial charge in [0.05, 0.1) is 16.9 Å². The van der Waals surface area contributed by atoms with Crippen LogP contribution in [0.15, 0.2) is 17.8 Å². The Labute approximate surface area is 138 Å². The van der Waals surface area contributed by atoms with Gasteiger partial charge >= 0.3 is 0 Å². The fourth-order valence-electron chi connectivity index (χ4n) is 3.66. The number of hydrogen-bond donors (Lipinski definition) is 0. The summed E-state index contributed by atoms with van der Waals surface area (Å²) in [6, 6.07) is 2.26. The number of rotatable bonds is 3. The summed E-state index contributed by atoms with van der Waals surface area (Å²) in [6.45, 7) is 1.94. The average Bonchev–Trinajstić information content (AvgIpc) is 3.21. The maximum Gasteiger partial charge on any atom is 0.223 e. The number of halogens is 1. The monoisotopic (exact) mass is 334 g/mol. The van der Waals surface area contributed by atoms with E-state index in [2.05, 4.69) is 14.9 Å². The number of anilines is 1. The summed E-state index contributed by atoms with van der Waals surface area (Å²) in [5, 5.41) is 2.04. The summed E-state index contributed by atoms with van der Waals surface area (Å²) in [7, 11) is 0. The van der Waals surface area contributed by atoms with Gasteiger partial charge in [-0.2, -0.15) is 0 Å². The molecule has 2 fully saturated rings. The molecule has 0 N–H and O–H groups in total. The van der Waals surface area contributed by atoms with E-state index in [1.54, 1.807) is 17.7 Å². The maximum absolute atomic E-state index is 12.8. The van der Waals surface area contributed by atoms with Crippen molar-refractivity contribution in [1.29, 1.82) is 0 Å². The highest BCUT2D eigenvalue weighted by atomic mass is 32.1. The van der Waals surface area contributed by atoms with Gasteiger partial charge < -0.3 is 9.80 Å². The zero-order valence-electron chi connectivity index (χ0n) is 12.8. The van der Waals surface area contributed by atoms with Crippen LogP contribution in [-0.4, -0.2) is 53.1 Å². The molecule has 2 aromatic rings. The van der Waals surface area contributed by atoms with Crippen molar-refractivity contribution < 1.29 is 9.18 Å². The molecule has 4 rings (SSSR count). The van der Waals surface area contributed by atoms with E-state index in [4.69, 9.17) is 0 Å². The van der Waals surface area contributed by atoms with E-state index < -0.39 is 6.67 Å². The number of carbonyl (C=O) groups excluding carboxylic acids is 1. The van der Waals surface area contributed by atoms with Gasteiger partial charge in [-0.3, -0.25) is 9.18 Å². The number of piperidine rings is 1. The lowest BCUT2D eigenvalue weighted by Gasteiger charge is -2.37. The third kappa shape index (κ3) is 2.67. The van der Waals surface area contributed by atoms with Crippen LogP contribution in [0.4, 0.5) is 10.2 Å². The largest absolute Gasteiger partial charge is 0.355 e. The Kier molecular flexibility index (Phi) is 3.88. The van der Waals surface area contributed by atoms with E-state index in [1.165, 1.54) is 0 Å². The first-order chi connectivity index (χ1) is 11.3. The van der Waals surface area contributed by atoms with E-state index in [0.29, 0.717) is 13.0 Å². The minimum absolute atomic E-state index is 0.104. The van der Waals surface area contributed by atoms with Crippen molar-refractivity contribution in [2.45, 2.75) is 25.3 Å². The van der Waals surface area contributed by atoms with Crippen LogP contribution in [0, 0.1) is 5.92 Å². The van der Waals surface area contributed by atoms with E-state index in [-0.39, 0.29) is 17.9 Å². The highest BCUT2D eigenvalue weighted by Gasteiger charge is 2.36. The smallest absolute Gasteiger partial charge is 0.223 e. The first-order valence-corrected chi connectivity index (χ1v) is 8.93. The lowest BCUT2D eigenvalue weighted by molar-refractivity contribution is -0.130. The minimum atomic E-state index is -0.390. The Bertz CT molecular complexity index is 713. The van der Waals surface area contributed by atoms with Crippen molar-refractivity contribution in [3.8, 4) is 0 Å². The highest BCUT2D eigenvalue weighted by Crippen LogP contribution is 2.31. The van der Waals surface area contributed by atoms with Crippen LogP contribution in [0.5, 0.6) is 0 Å². The van der Waals surface area contributed by atoms with Crippen LogP contribution >= 0.6 is 11.3 Å². The summed E-state index contributed by atoms with van der Waals surface area (Å²) in [4.78, 5) is 25.0. The Morgan fingerprint density at radius 1 is 1.30 bits per heavy atom. The molecule has 1 amide bonds. The molecule has 0 aromatic carbocycles. The Balaban J connectivity index is 1.45. The topological polar surface area (TPSA) is 49.3 Å². The minimum Gasteiger partial charge on any atom is -0.355 e. The predicted octanol–water partition coefficient (Wildman–Crippen LogP) is 2.48. The second kappa shape index (κ2) is 6.03. The fraction of sp³-hybridized carbons (Fsp3) is 0.562. The molecule has 4 heterocycles. The summed E-state index contributed by atoms with van der Waals surface area (Å²) in [5.74, 6) is 1.01. The molecule has 0 saturated carbocycles. The van der Waals surface area contributed by atoms with Crippen molar-refractivity contribution in [2.24, 2.45) is 5.92 Å². The third-order valence-electron chi connectivity index (χ3n) is 4.89. The summed E-state index contributed by atoms with van der Waals surface area (Å²) in [6.07, 6.45) is 3.83. The molecule has 2 saturated heterocycles. The number of amides is 1. The molecule has 1 unspecified atom stereocenters. The second-order valence-electron chi connectivity index (χ2n) is 6.32. The summed E-state index contributed by atoms with van der Waals surface area (Å²) < 4.78 is 13.9. The molecule has 0 bridgehead atoms. The van der Waals surface area contributed by atoms with Crippen LogP contribution in [0.1, 0.15) is 19.3 Å². The first kappa shape index (κ1) is 14.8. The molecular weight excluding hydrogens is 315 g/mol. The second-order valence-corrected chi connectivity index (χ2v) is 7.24. The fourth-order valence-corrected chi connectivity index (χ4v) is 4.52. The first-order valence-electron chi connectivity index (χ1n) is 8.05. The van der Waals surface area contributed by atoms with Gasteiger partial charge in [-0.25, -0.2) is 9.97 Å². The van der Waals surface area contributed by atoms with Crippen molar-refractivity contribution in [3.63, 3.8) is 0 Å². The lowest BCUT2D eigenvalue weighted by atomic mass is 10.0. The normalized spacial score (nSPS) is 23.2. The standard InChI is InChI=1S/C16H19FN4OS/c17-8-11-7-14(22)21(9-11)12-1-4-20(5-2-12)16-15-13(3-6-23-15)18-10-19-16/h3,6,10-12H,1-2,4-5,7-9H2. The van der Waals surface area contributed by atoms with Crippen LogP contribution in [0.25, 0.3) is 10.2 Å². The number of aromatic nitrogens is 2. The zero-order chi connectivity index (χ0) is 15.8. The number of fused-ring (bicyclic) bond motifs is 1. The van der Waals surface area contributed by atoms with Crippen LogP contribution in [0.2, 0.25) is 0 Å². The van der Waals surface area contributed by atoms with Gasteiger partial charge in [0, 0.05) is 38.0 Å². The van der Waals surface area contributed by atoms with Gasteiger partial charge in [-0.15, -0.1) is 11.3 Å². The lowest BCUT2D eigenvalue weighted by Crippen LogP contribution is -2.46. The maximum atomic E-state index is 12.8. The molecule has 0 spiro atoms. The van der Waals surface area contributed by atoms with E-state index in [9.17, 15) is 9.18 Å². The van der Waals surface area contributed by atoms with E-state index >= 15 is 0 Å². The van der Waals surface area contributed by atoms with Gasteiger partial charge in [-0.1, -0.05) is 0 Å². The van der Waals surface area contributed by atoms with Crippen molar-refractivity contribution in [3.05, 3.63) is 17.8 Å². The molecule has 0 radical (unpaired) electrons. The molecular formula is C16H19FN4OS. The molecule has 1 atom stereocenters. The van der Waals surface area contributed by atoms with Crippen LogP contribution < -0.4 is 4.90 Å². The van der Waals surface area contributed by atoms with E-state index in [0.717, 1.165) is 42.0 Å². The average molecular weight is 334 g/mol. The van der Waals surface area contributed by atoms with Gasteiger partial charge in [0.1, 0.15) is 12.1 Å². The van der Waals surface area contributed by atoms with Crippen molar-refractivity contribution >= 4 is 33.3 Å². The van der Waals surface area contributed by atoms with Gasteiger partial charge in [0.25, 0.3) is 0 Å². The van der Waals surface area contributed by atoms with Gasteiger partial charge in [0.2, 0.25) is 5.91 Å². The number of likely N-dealkylation sites (tertiary alicyclic amines) is 1. The summed E-state index contributed by atoms with van der Waals surface area (Å²) >= 11 is 1.66. The Morgan fingerprint density at radius 2 is 2.13 bits per heavy atom. The van der Waals surface area contributed by atoms with Crippen molar-refractivity contribution in [2.75, 3.05) is 31.2 Å². The van der Waals surface area contributed by atoms with Gasteiger partial charge in [0.15, 0.2) is 0 Å². The van der Waals surface area contributed by atoms with Crippen LogP contribution in [-0.2, 0) is 4.79 Å². The van der Waals surface area contributed by atoms with Gasteiger partial charge in [-0.05, 0) is 24.3 Å². The molecule has 2 aliphatic rings. The van der Waals surface area contributed by atoms with Crippen molar-refractivity contribution in [1.82, 2.24) is 14.9 Å². The SMILES string of the molecule is O=C1CC(CF)CN1C1CCN(c2ncnc3ccsc23)CC1. The quantitative estimate of drug-likeness (QED) is 0.865. The number of alkyl halides is 1. The molecule has 7 heteroatoms. The number of nitrogens with zero attached hydrogens (tertiary/aromatic N) is 4. The number of carbonyl (C=O) groups is 1. The number of thiophene rings is 1. The highest BCUT2D eigenvalue weighted by molar-refractivity contribution is 7.17. The Morgan fingerprint density at radius 3 is 2.87 bits per heavy atom. The summed E-state index contributed by atoms with van der Waals surface area (Å²) in [5.41, 5.74) is 0.989. The molecule has 0 aliphatic carbocycles. The predicted molar refractivity (Wildman–Crippen MR) is 88.4 cm³/mol. The van der Waals surface area contributed by atoms with E-state index in [1.807, 2.05) is 16.3 Å². The zero-order valence-corrected chi connectivity index (χ0v) is 13.6. The molecule has 2 aliphatic heterocycles. The molecule has 2 aromatic heterocycles.